The first-order chi connectivity index (χ1) is 12.9. The molecule has 1 spiro atoms. The number of hydrogen-bond acceptors (Lipinski definition) is 4. The first kappa shape index (κ1) is 18.9. The van der Waals surface area contributed by atoms with Crippen LogP contribution in [-0.4, -0.2) is 58.4 Å². The van der Waals surface area contributed by atoms with Gasteiger partial charge in [0.15, 0.2) is 0 Å². The number of likely N-dealkylation sites (tertiary alicyclic amines) is 2. The van der Waals surface area contributed by atoms with Gasteiger partial charge in [-0.2, -0.15) is 0 Å². The Bertz CT molecular complexity index is 649. The van der Waals surface area contributed by atoms with Crippen LogP contribution in [0.4, 0.5) is 0 Å². The first-order valence-corrected chi connectivity index (χ1v) is 10.7. The van der Waals surface area contributed by atoms with Crippen LogP contribution in [0.5, 0.6) is 0 Å². The number of rotatable bonds is 5. The molecule has 2 aliphatic heterocycles. The fourth-order valence-electron chi connectivity index (χ4n) is 5.38. The second-order valence-electron chi connectivity index (χ2n) is 9.59. The lowest BCUT2D eigenvalue weighted by Crippen LogP contribution is -2.64. The monoisotopic (exact) mass is 370 g/mol. The topological polar surface area (TPSA) is 49.3 Å². The molecule has 5 nitrogen and oxygen atoms in total. The molecule has 148 valence electrons. The SMILES string of the molecule is Cc1ncc(C2CCN(CCC3CC4(C3)CN(C(=O)C(C)C)C4)CC2)cn1. The van der Waals surface area contributed by atoms with Gasteiger partial charge in [-0.05, 0) is 76.1 Å². The summed E-state index contributed by atoms with van der Waals surface area (Å²) in [5, 5.41) is 0. The van der Waals surface area contributed by atoms with Gasteiger partial charge in [0.1, 0.15) is 5.82 Å². The third kappa shape index (κ3) is 4.03. The zero-order valence-electron chi connectivity index (χ0n) is 17.2. The average molecular weight is 371 g/mol. The second kappa shape index (κ2) is 7.50. The van der Waals surface area contributed by atoms with Crippen molar-refractivity contribution in [1.82, 2.24) is 19.8 Å². The summed E-state index contributed by atoms with van der Waals surface area (Å²) in [7, 11) is 0. The standard InChI is InChI=1S/C22H34N4O/c1-16(2)21(27)26-14-22(15-26)10-18(11-22)4-7-25-8-5-19(6-9-25)20-12-23-17(3)24-13-20/h12-13,16,18-19H,4-11,14-15H2,1-3H3. The molecule has 2 saturated heterocycles. The van der Waals surface area contributed by atoms with Crippen LogP contribution in [-0.2, 0) is 4.79 Å². The third-order valence-electron chi connectivity index (χ3n) is 7.01. The van der Waals surface area contributed by atoms with E-state index in [4.69, 9.17) is 0 Å². The van der Waals surface area contributed by atoms with E-state index in [1.807, 2.05) is 33.2 Å². The Labute approximate surface area is 163 Å². The highest BCUT2D eigenvalue weighted by molar-refractivity contribution is 5.79. The summed E-state index contributed by atoms with van der Waals surface area (Å²) >= 11 is 0. The van der Waals surface area contributed by atoms with E-state index in [0.29, 0.717) is 17.2 Å². The molecule has 1 amide bonds. The Kier molecular flexibility index (Phi) is 5.23. The van der Waals surface area contributed by atoms with Crippen molar-refractivity contribution in [1.29, 1.82) is 0 Å². The minimum Gasteiger partial charge on any atom is -0.341 e. The number of amides is 1. The van der Waals surface area contributed by atoms with E-state index >= 15 is 0 Å². The Morgan fingerprint density at radius 1 is 1.19 bits per heavy atom. The van der Waals surface area contributed by atoms with Crippen LogP contribution in [0.25, 0.3) is 0 Å². The van der Waals surface area contributed by atoms with Gasteiger partial charge in [-0.3, -0.25) is 4.79 Å². The number of aromatic nitrogens is 2. The molecule has 1 aliphatic carbocycles. The van der Waals surface area contributed by atoms with Crippen molar-refractivity contribution < 1.29 is 4.79 Å². The van der Waals surface area contributed by atoms with E-state index in [2.05, 4.69) is 19.8 Å². The molecule has 1 saturated carbocycles. The van der Waals surface area contributed by atoms with Crippen LogP contribution < -0.4 is 0 Å². The van der Waals surface area contributed by atoms with Crippen LogP contribution in [0, 0.1) is 24.2 Å². The lowest BCUT2D eigenvalue weighted by atomic mass is 9.57. The minimum absolute atomic E-state index is 0.146. The van der Waals surface area contributed by atoms with Crippen molar-refractivity contribution in [2.45, 2.75) is 58.8 Å². The Morgan fingerprint density at radius 3 is 2.41 bits per heavy atom. The van der Waals surface area contributed by atoms with E-state index < -0.39 is 0 Å². The fraction of sp³-hybridized carbons (Fsp3) is 0.773. The van der Waals surface area contributed by atoms with E-state index in [1.54, 1.807) is 0 Å². The van der Waals surface area contributed by atoms with Gasteiger partial charge in [0.25, 0.3) is 0 Å². The predicted molar refractivity (Wildman–Crippen MR) is 106 cm³/mol. The molecule has 1 aromatic heterocycles. The third-order valence-corrected chi connectivity index (χ3v) is 7.01. The lowest BCUT2D eigenvalue weighted by Gasteiger charge is -2.59. The fourth-order valence-corrected chi connectivity index (χ4v) is 5.38. The summed E-state index contributed by atoms with van der Waals surface area (Å²) in [5.74, 6) is 2.86. The minimum atomic E-state index is 0.146. The van der Waals surface area contributed by atoms with Gasteiger partial charge in [-0.25, -0.2) is 9.97 Å². The van der Waals surface area contributed by atoms with Gasteiger partial charge in [0.2, 0.25) is 5.91 Å². The van der Waals surface area contributed by atoms with Crippen LogP contribution in [0.1, 0.15) is 63.3 Å². The molecule has 0 atom stereocenters. The van der Waals surface area contributed by atoms with E-state index in [0.717, 1.165) is 24.8 Å². The van der Waals surface area contributed by atoms with E-state index in [1.165, 1.54) is 57.3 Å². The molecule has 1 aromatic rings. The molecule has 3 fully saturated rings. The first-order valence-electron chi connectivity index (χ1n) is 10.7. The maximum absolute atomic E-state index is 12.0. The molecule has 3 aliphatic rings. The molecule has 0 radical (unpaired) electrons. The van der Waals surface area contributed by atoms with Crippen LogP contribution in [0.15, 0.2) is 12.4 Å². The lowest BCUT2D eigenvalue weighted by molar-refractivity contribution is -0.158. The summed E-state index contributed by atoms with van der Waals surface area (Å²) < 4.78 is 0. The highest BCUT2D eigenvalue weighted by Gasteiger charge is 2.53. The van der Waals surface area contributed by atoms with Gasteiger partial charge in [-0.15, -0.1) is 0 Å². The molecular weight excluding hydrogens is 336 g/mol. The molecule has 0 aromatic carbocycles. The maximum Gasteiger partial charge on any atom is 0.225 e. The number of piperidine rings is 1. The maximum atomic E-state index is 12.0. The van der Waals surface area contributed by atoms with Gasteiger partial charge in [-0.1, -0.05) is 13.8 Å². The van der Waals surface area contributed by atoms with Gasteiger partial charge in [0, 0.05) is 36.8 Å². The molecule has 0 bridgehead atoms. The molecular formula is C22H34N4O. The summed E-state index contributed by atoms with van der Waals surface area (Å²) in [6.07, 6.45) is 10.5. The number of carbonyl (C=O) groups excluding carboxylic acids is 1. The highest BCUT2D eigenvalue weighted by Crippen LogP contribution is 2.53. The quantitative estimate of drug-likeness (QED) is 0.798. The largest absolute Gasteiger partial charge is 0.341 e. The normalized spacial score (nSPS) is 23.5. The Balaban J connectivity index is 1.13. The Hall–Kier alpha value is -1.49. The number of nitrogens with zero attached hydrogens (tertiary/aromatic N) is 4. The number of hydrogen-bond donors (Lipinski definition) is 0. The summed E-state index contributed by atoms with van der Waals surface area (Å²) in [6.45, 7) is 11.6. The predicted octanol–water partition coefficient (Wildman–Crippen LogP) is 3.25. The summed E-state index contributed by atoms with van der Waals surface area (Å²) in [4.78, 5) is 25.4. The molecule has 4 rings (SSSR count). The van der Waals surface area contributed by atoms with Crippen LogP contribution >= 0.6 is 0 Å². The van der Waals surface area contributed by atoms with Crippen molar-refractivity contribution in [3.8, 4) is 0 Å². The van der Waals surface area contributed by atoms with Crippen molar-refractivity contribution in [3.05, 3.63) is 23.8 Å². The Morgan fingerprint density at radius 2 is 1.81 bits per heavy atom. The van der Waals surface area contributed by atoms with Gasteiger partial charge in [0.05, 0.1) is 0 Å². The summed E-state index contributed by atoms with van der Waals surface area (Å²) in [5.41, 5.74) is 1.81. The molecule has 0 unspecified atom stereocenters. The van der Waals surface area contributed by atoms with Crippen molar-refractivity contribution >= 4 is 5.91 Å². The second-order valence-corrected chi connectivity index (χ2v) is 9.59. The van der Waals surface area contributed by atoms with E-state index in [9.17, 15) is 4.79 Å². The van der Waals surface area contributed by atoms with Crippen molar-refractivity contribution in [2.75, 3.05) is 32.7 Å². The van der Waals surface area contributed by atoms with E-state index in [-0.39, 0.29) is 5.92 Å². The highest BCUT2D eigenvalue weighted by atomic mass is 16.2. The van der Waals surface area contributed by atoms with Crippen molar-refractivity contribution in [2.24, 2.45) is 17.3 Å². The zero-order valence-corrected chi connectivity index (χ0v) is 17.2. The van der Waals surface area contributed by atoms with Crippen LogP contribution in [0.3, 0.4) is 0 Å². The summed E-state index contributed by atoms with van der Waals surface area (Å²) in [6, 6.07) is 0. The van der Waals surface area contributed by atoms with Crippen LogP contribution in [0.2, 0.25) is 0 Å². The molecule has 0 N–H and O–H groups in total. The molecule has 27 heavy (non-hydrogen) atoms. The average Bonchev–Trinajstić information content (AvgIpc) is 2.60. The molecule has 5 heteroatoms. The smallest absolute Gasteiger partial charge is 0.225 e. The molecule has 3 heterocycles. The van der Waals surface area contributed by atoms with Crippen molar-refractivity contribution in [3.63, 3.8) is 0 Å². The zero-order chi connectivity index (χ0) is 19.0. The number of aryl methyl sites for hydroxylation is 1. The van der Waals surface area contributed by atoms with Gasteiger partial charge >= 0.3 is 0 Å². The van der Waals surface area contributed by atoms with Gasteiger partial charge < -0.3 is 9.80 Å². The number of carbonyl (C=O) groups is 1.